The molecule has 0 amide bonds. The van der Waals surface area contributed by atoms with Crippen LogP contribution in [-0.2, 0) is 20.8 Å². The SMILES string of the molecule is CC(=O)C(=O)O.NC(Cc1c[nH]cn1)C(=O)O. The van der Waals surface area contributed by atoms with Crippen molar-refractivity contribution in [3.05, 3.63) is 18.2 Å². The molecule has 1 heterocycles. The molecule has 0 aromatic carbocycles. The number of ketones is 1. The van der Waals surface area contributed by atoms with Gasteiger partial charge in [-0.3, -0.25) is 9.59 Å². The number of nitrogens with zero attached hydrogens (tertiary/aromatic N) is 1. The molecule has 94 valence electrons. The highest BCUT2D eigenvalue weighted by Crippen LogP contribution is 1.95. The fourth-order valence-electron chi connectivity index (χ4n) is 0.715. The third-order valence-corrected chi connectivity index (χ3v) is 1.60. The fraction of sp³-hybridized carbons (Fsp3) is 0.333. The molecule has 5 N–H and O–H groups in total. The lowest BCUT2D eigenvalue weighted by atomic mass is 10.2. The minimum absolute atomic E-state index is 0.263. The summed E-state index contributed by atoms with van der Waals surface area (Å²) in [4.78, 5) is 35.7. The zero-order valence-electron chi connectivity index (χ0n) is 9.08. The van der Waals surface area contributed by atoms with Crippen molar-refractivity contribution in [2.75, 3.05) is 0 Å². The van der Waals surface area contributed by atoms with E-state index in [0.717, 1.165) is 6.92 Å². The Bertz CT molecular complexity index is 375. The number of rotatable bonds is 4. The zero-order chi connectivity index (χ0) is 13.4. The Labute approximate surface area is 96.5 Å². The van der Waals surface area contributed by atoms with Gasteiger partial charge in [-0.25, -0.2) is 9.78 Å². The number of hydrogen-bond donors (Lipinski definition) is 4. The first kappa shape index (κ1) is 14.8. The molecule has 0 aliphatic heterocycles. The summed E-state index contributed by atoms with van der Waals surface area (Å²) in [7, 11) is 0. The van der Waals surface area contributed by atoms with E-state index in [4.69, 9.17) is 15.9 Å². The van der Waals surface area contributed by atoms with Crippen molar-refractivity contribution in [3.8, 4) is 0 Å². The molecule has 1 aromatic heterocycles. The Balaban J connectivity index is 0.000000366. The lowest BCUT2D eigenvalue weighted by Crippen LogP contribution is -2.32. The molecule has 0 spiro atoms. The summed E-state index contributed by atoms with van der Waals surface area (Å²) in [6, 6.07) is -0.863. The van der Waals surface area contributed by atoms with Crippen LogP contribution < -0.4 is 5.73 Å². The molecule has 1 aromatic rings. The molecular formula is C9H13N3O5. The summed E-state index contributed by atoms with van der Waals surface area (Å²) >= 11 is 0. The predicted molar refractivity (Wildman–Crippen MR) is 56.2 cm³/mol. The lowest BCUT2D eigenvalue weighted by molar-refractivity contribution is -0.148. The molecule has 0 saturated heterocycles. The van der Waals surface area contributed by atoms with Gasteiger partial charge in [0, 0.05) is 19.5 Å². The van der Waals surface area contributed by atoms with Gasteiger partial charge in [0.1, 0.15) is 6.04 Å². The second kappa shape index (κ2) is 7.12. The highest BCUT2D eigenvalue weighted by molar-refractivity contribution is 6.31. The van der Waals surface area contributed by atoms with Gasteiger partial charge < -0.3 is 20.9 Å². The Morgan fingerprint density at radius 2 is 2.00 bits per heavy atom. The third-order valence-electron chi connectivity index (χ3n) is 1.60. The van der Waals surface area contributed by atoms with E-state index < -0.39 is 23.8 Å². The number of carboxylic acids is 2. The Morgan fingerprint density at radius 3 is 2.29 bits per heavy atom. The maximum absolute atomic E-state index is 10.3. The van der Waals surface area contributed by atoms with Gasteiger partial charge in [0.25, 0.3) is 0 Å². The van der Waals surface area contributed by atoms with Crippen molar-refractivity contribution < 1.29 is 24.6 Å². The van der Waals surface area contributed by atoms with E-state index in [0.29, 0.717) is 5.69 Å². The number of imidazole rings is 1. The quantitative estimate of drug-likeness (QED) is 0.497. The normalized spacial score (nSPS) is 10.9. The van der Waals surface area contributed by atoms with E-state index in [2.05, 4.69) is 9.97 Å². The minimum Gasteiger partial charge on any atom is -0.480 e. The number of H-pyrrole nitrogens is 1. The number of carbonyl (C=O) groups is 3. The number of Topliss-reactive ketones (excluding diaryl/α,β-unsaturated/α-hetero) is 1. The second-order valence-corrected chi connectivity index (χ2v) is 3.07. The minimum atomic E-state index is -1.38. The van der Waals surface area contributed by atoms with E-state index in [-0.39, 0.29) is 6.42 Å². The molecule has 0 fully saturated rings. The van der Waals surface area contributed by atoms with Gasteiger partial charge in [-0.05, 0) is 0 Å². The van der Waals surface area contributed by atoms with Crippen LogP contribution in [0.4, 0.5) is 0 Å². The third kappa shape index (κ3) is 6.79. The number of aliphatic carboxylic acids is 2. The number of carboxylic acid groups (broad SMARTS) is 2. The number of hydrogen-bond acceptors (Lipinski definition) is 5. The van der Waals surface area contributed by atoms with Crippen LogP contribution >= 0.6 is 0 Å². The molecule has 1 rings (SSSR count). The van der Waals surface area contributed by atoms with Gasteiger partial charge in [0.15, 0.2) is 0 Å². The Kier molecular flexibility index (Phi) is 6.19. The van der Waals surface area contributed by atoms with Crippen molar-refractivity contribution >= 4 is 17.7 Å². The highest BCUT2D eigenvalue weighted by Gasteiger charge is 2.12. The van der Waals surface area contributed by atoms with Crippen LogP contribution in [0.2, 0.25) is 0 Å². The molecule has 0 saturated carbocycles. The van der Waals surface area contributed by atoms with Gasteiger partial charge in [-0.1, -0.05) is 0 Å². The Hall–Kier alpha value is -2.22. The average molecular weight is 243 g/mol. The summed E-state index contributed by atoms with van der Waals surface area (Å²) in [5, 5.41) is 16.1. The standard InChI is InChI=1S/C6H9N3O2.C3H4O3/c7-5(6(10)11)1-4-2-8-3-9-4;1-2(4)3(5)6/h2-3,5H,1,7H2,(H,8,9)(H,10,11);1H3,(H,5,6). The van der Waals surface area contributed by atoms with Crippen LogP contribution in [0.15, 0.2) is 12.5 Å². The van der Waals surface area contributed by atoms with Gasteiger partial charge in [0.2, 0.25) is 5.78 Å². The van der Waals surface area contributed by atoms with Crippen LogP contribution in [-0.4, -0.2) is 43.9 Å². The molecule has 1 atom stereocenters. The first-order chi connectivity index (χ1) is 7.84. The van der Waals surface area contributed by atoms with Gasteiger partial charge >= 0.3 is 11.9 Å². The van der Waals surface area contributed by atoms with Crippen molar-refractivity contribution in [1.82, 2.24) is 9.97 Å². The molecule has 0 aliphatic rings. The molecule has 17 heavy (non-hydrogen) atoms. The predicted octanol–water partition coefficient (Wildman–Crippen LogP) is -0.976. The van der Waals surface area contributed by atoms with E-state index in [1.54, 1.807) is 6.20 Å². The van der Waals surface area contributed by atoms with E-state index in [1.165, 1.54) is 6.33 Å². The van der Waals surface area contributed by atoms with Crippen molar-refractivity contribution in [1.29, 1.82) is 0 Å². The first-order valence-corrected chi connectivity index (χ1v) is 4.54. The number of nitrogens with one attached hydrogen (secondary N) is 1. The van der Waals surface area contributed by atoms with E-state index in [1.807, 2.05) is 0 Å². The van der Waals surface area contributed by atoms with Gasteiger partial charge in [-0.15, -0.1) is 0 Å². The number of aromatic nitrogens is 2. The maximum atomic E-state index is 10.3. The second-order valence-electron chi connectivity index (χ2n) is 3.07. The maximum Gasteiger partial charge on any atom is 0.371 e. The highest BCUT2D eigenvalue weighted by atomic mass is 16.4. The van der Waals surface area contributed by atoms with Crippen molar-refractivity contribution in [3.63, 3.8) is 0 Å². The zero-order valence-corrected chi connectivity index (χ0v) is 9.08. The average Bonchev–Trinajstić information content (AvgIpc) is 2.71. The smallest absolute Gasteiger partial charge is 0.371 e. The largest absolute Gasteiger partial charge is 0.480 e. The number of aromatic amines is 1. The molecule has 0 radical (unpaired) electrons. The van der Waals surface area contributed by atoms with Crippen LogP contribution in [0.5, 0.6) is 0 Å². The van der Waals surface area contributed by atoms with Crippen molar-refractivity contribution in [2.24, 2.45) is 5.73 Å². The van der Waals surface area contributed by atoms with Gasteiger partial charge in [0.05, 0.1) is 12.0 Å². The summed E-state index contributed by atoms with van der Waals surface area (Å²) in [5.74, 6) is -3.21. The molecule has 0 bridgehead atoms. The monoisotopic (exact) mass is 243 g/mol. The summed E-state index contributed by atoms with van der Waals surface area (Å²) in [5.41, 5.74) is 5.92. The number of nitrogens with two attached hydrogens (primary N) is 1. The van der Waals surface area contributed by atoms with Crippen LogP contribution in [0.1, 0.15) is 12.6 Å². The summed E-state index contributed by atoms with van der Waals surface area (Å²) in [6.45, 7) is 1.00. The topological polar surface area (TPSA) is 146 Å². The van der Waals surface area contributed by atoms with Gasteiger partial charge in [-0.2, -0.15) is 0 Å². The molecule has 0 aliphatic carbocycles. The van der Waals surface area contributed by atoms with Crippen LogP contribution in [0, 0.1) is 0 Å². The Morgan fingerprint density at radius 1 is 1.47 bits per heavy atom. The lowest BCUT2D eigenvalue weighted by Gasteiger charge is -2.01. The van der Waals surface area contributed by atoms with Crippen LogP contribution in [0.25, 0.3) is 0 Å². The van der Waals surface area contributed by atoms with Crippen molar-refractivity contribution in [2.45, 2.75) is 19.4 Å². The summed E-state index contributed by atoms with van der Waals surface area (Å²) < 4.78 is 0. The fourth-order valence-corrected chi connectivity index (χ4v) is 0.715. The summed E-state index contributed by atoms with van der Waals surface area (Å²) in [6.07, 6.45) is 3.38. The number of carbonyl (C=O) groups excluding carboxylic acids is 1. The molecule has 8 heteroatoms. The first-order valence-electron chi connectivity index (χ1n) is 4.54. The van der Waals surface area contributed by atoms with Crippen LogP contribution in [0.3, 0.4) is 0 Å². The molecule has 8 nitrogen and oxygen atoms in total. The molecular weight excluding hydrogens is 230 g/mol. The molecule has 1 unspecified atom stereocenters. The van der Waals surface area contributed by atoms with E-state index in [9.17, 15) is 14.4 Å². The van der Waals surface area contributed by atoms with E-state index >= 15 is 0 Å².